The number of nitrogens with zero attached hydrogens (tertiary/aromatic N) is 1. The summed E-state index contributed by atoms with van der Waals surface area (Å²) >= 11 is 0. The van der Waals surface area contributed by atoms with Crippen molar-refractivity contribution in [3.63, 3.8) is 0 Å². The van der Waals surface area contributed by atoms with E-state index in [1.54, 1.807) is 0 Å². The number of H-pyrrole nitrogens is 1. The van der Waals surface area contributed by atoms with Gasteiger partial charge in [-0.05, 0) is 30.3 Å². The van der Waals surface area contributed by atoms with Gasteiger partial charge in [0.1, 0.15) is 6.10 Å². The van der Waals surface area contributed by atoms with E-state index in [0.29, 0.717) is 5.39 Å². The number of nitrogens with one attached hydrogen (secondary N) is 1. The van der Waals surface area contributed by atoms with Crippen molar-refractivity contribution in [2.45, 2.75) is 15.9 Å². The molecule has 1 aromatic heterocycles. The zero-order valence-corrected chi connectivity index (χ0v) is 15.4. The number of benzene rings is 2. The van der Waals surface area contributed by atoms with Crippen LogP contribution in [0.3, 0.4) is 0 Å². The van der Waals surface area contributed by atoms with E-state index in [4.69, 9.17) is 4.55 Å². The molecule has 4 rings (SSSR count). The molecule has 0 bridgehead atoms. The van der Waals surface area contributed by atoms with Gasteiger partial charge >= 0.3 is 0 Å². The van der Waals surface area contributed by atoms with Gasteiger partial charge in [-0.15, -0.1) is 0 Å². The highest BCUT2D eigenvalue weighted by atomic mass is 32.2. The number of aliphatic imine (C=N–C) groups is 1. The first-order valence-corrected chi connectivity index (χ1v) is 10.6. The Morgan fingerprint density at radius 3 is 2.18 bits per heavy atom. The fourth-order valence-electron chi connectivity index (χ4n) is 3.13. The van der Waals surface area contributed by atoms with Gasteiger partial charge in [-0.3, -0.25) is 9.11 Å². The van der Waals surface area contributed by atoms with Crippen molar-refractivity contribution in [3.05, 3.63) is 47.5 Å². The number of hydrogen-bond acceptors (Lipinski definition) is 7. The van der Waals surface area contributed by atoms with Crippen molar-refractivity contribution in [2.24, 2.45) is 4.99 Å². The summed E-state index contributed by atoms with van der Waals surface area (Å²) in [6.45, 7) is 0. The van der Waals surface area contributed by atoms with Gasteiger partial charge in [0.25, 0.3) is 20.2 Å². The van der Waals surface area contributed by atoms with Crippen LogP contribution in [0.15, 0.2) is 51.2 Å². The lowest BCUT2D eigenvalue weighted by Crippen LogP contribution is -2.09. The Balaban J connectivity index is 1.86. The van der Waals surface area contributed by atoms with Gasteiger partial charge in [0.2, 0.25) is 0 Å². The molecule has 0 fully saturated rings. The Hall–Kier alpha value is -2.77. The quantitative estimate of drug-likeness (QED) is 0.393. The second kappa shape index (κ2) is 5.86. The van der Waals surface area contributed by atoms with Crippen molar-refractivity contribution in [1.82, 2.24) is 4.98 Å². The number of aromatic amines is 1. The maximum atomic E-state index is 11.3. The summed E-state index contributed by atoms with van der Waals surface area (Å²) in [5, 5.41) is 21.2. The van der Waals surface area contributed by atoms with Crippen LogP contribution in [0.2, 0.25) is 0 Å². The lowest BCUT2D eigenvalue weighted by atomic mass is 10.0. The van der Waals surface area contributed by atoms with E-state index >= 15 is 0 Å². The first-order chi connectivity index (χ1) is 13.0. The Morgan fingerprint density at radius 1 is 0.929 bits per heavy atom. The Bertz CT molecular complexity index is 1390. The normalized spacial score (nSPS) is 17.0. The second-order valence-electron chi connectivity index (χ2n) is 6.13. The predicted octanol–water partition coefficient (Wildman–Crippen LogP) is 1.53. The van der Waals surface area contributed by atoms with E-state index in [1.165, 1.54) is 12.1 Å². The molecule has 0 spiro atoms. The fourth-order valence-corrected chi connectivity index (χ4v) is 4.15. The minimum atomic E-state index is -4.48. The first-order valence-electron chi connectivity index (χ1n) is 7.67. The molecule has 2 heterocycles. The van der Waals surface area contributed by atoms with Gasteiger partial charge in [0.15, 0.2) is 5.88 Å². The lowest BCUT2D eigenvalue weighted by molar-refractivity contribution is 0.251. The molecule has 0 amide bonds. The van der Waals surface area contributed by atoms with E-state index in [9.17, 15) is 31.6 Å². The molecule has 146 valence electrons. The largest absolute Gasteiger partial charge is 0.494 e. The molecule has 1 atom stereocenters. The van der Waals surface area contributed by atoms with Gasteiger partial charge in [-0.1, -0.05) is 6.07 Å². The third kappa shape index (κ3) is 2.87. The highest BCUT2D eigenvalue weighted by Crippen LogP contribution is 2.41. The van der Waals surface area contributed by atoms with E-state index < -0.39 is 37.1 Å². The summed E-state index contributed by atoms with van der Waals surface area (Å²) in [6.07, 6.45) is -1.40. The second-order valence-corrected chi connectivity index (χ2v) is 8.97. The van der Waals surface area contributed by atoms with Crippen LogP contribution < -0.4 is 0 Å². The average Bonchev–Trinajstić information content (AvgIpc) is 3.08. The monoisotopic (exact) mass is 424 g/mol. The van der Waals surface area contributed by atoms with Gasteiger partial charge in [0.05, 0.1) is 32.3 Å². The number of aromatic nitrogens is 1. The number of fused-ring (bicyclic) bond motifs is 2. The molecule has 0 saturated carbocycles. The van der Waals surface area contributed by atoms with Gasteiger partial charge in [-0.25, -0.2) is 4.99 Å². The molecule has 1 aliphatic heterocycles. The van der Waals surface area contributed by atoms with E-state index in [2.05, 4.69) is 9.98 Å². The number of aliphatic hydroxyl groups excluding tert-OH is 1. The molecule has 0 aliphatic carbocycles. The summed E-state index contributed by atoms with van der Waals surface area (Å²) in [4.78, 5) is 5.97. The molecule has 2 aromatic carbocycles. The maximum absolute atomic E-state index is 11.3. The molecule has 12 heteroatoms. The third-order valence-corrected chi connectivity index (χ3v) is 6.09. The van der Waals surface area contributed by atoms with Crippen LogP contribution in [0.5, 0.6) is 5.88 Å². The zero-order valence-electron chi connectivity index (χ0n) is 13.7. The van der Waals surface area contributed by atoms with Crippen LogP contribution in [-0.2, 0) is 20.2 Å². The van der Waals surface area contributed by atoms with Gasteiger partial charge in [-0.2, -0.15) is 16.8 Å². The molecule has 28 heavy (non-hydrogen) atoms. The molecular weight excluding hydrogens is 412 g/mol. The topological polar surface area (TPSA) is 177 Å². The van der Waals surface area contributed by atoms with E-state index in [-0.39, 0.29) is 32.9 Å². The number of rotatable bonds is 3. The molecule has 10 nitrogen and oxygen atoms in total. The highest BCUT2D eigenvalue weighted by molar-refractivity contribution is 7.86. The summed E-state index contributed by atoms with van der Waals surface area (Å²) in [5.41, 5.74) is 0.638. The van der Waals surface area contributed by atoms with Crippen LogP contribution in [0.4, 0.5) is 5.69 Å². The zero-order chi connectivity index (χ0) is 20.4. The molecule has 1 aliphatic rings. The van der Waals surface area contributed by atoms with Gasteiger partial charge < -0.3 is 15.2 Å². The van der Waals surface area contributed by atoms with E-state index in [1.807, 2.05) is 0 Å². The minimum absolute atomic E-state index is 0.00541. The standard InChI is InChI=1S/C16H12N2O8S2/c19-15-10-5-7(27(21,22)23)2-4-11(10)17-14(15)13-9-3-1-8(28(24,25)26)6-12(9)18-16(13)20/h1-6,15,18-20H,(H,21,22,23)(H,24,25,26). The number of aliphatic hydroxyl groups is 1. The van der Waals surface area contributed by atoms with Crippen LogP contribution in [-0.4, -0.2) is 46.8 Å². The van der Waals surface area contributed by atoms with Crippen molar-refractivity contribution < 1.29 is 36.2 Å². The van der Waals surface area contributed by atoms with Crippen LogP contribution in [0, 0.1) is 0 Å². The Labute approximate surface area is 158 Å². The summed E-state index contributed by atoms with van der Waals surface area (Å²) in [7, 11) is -8.93. The van der Waals surface area contributed by atoms with Crippen LogP contribution in [0.1, 0.15) is 17.2 Å². The van der Waals surface area contributed by atoms with E-state index in [0.717, 1.165) is 24.3 Å². The molecular formula is C16H12N2O8S2. The average molecular weight is 424 g/mol. The van der Waals surface area contributed by atoms with Gasteiger partial charge in [0, 0.05) is 10.9 Å². The van der Waals surface area contributed by atoms with Crippen molar-refractivity contribution >= 4 is 42.5 Å². The predicted molar refractivity (Wildman–Crippen MR) is 97.2 cm³/mol. The molecule has 3 aromatic rings. The van der Waals surface area contributed by atoms with Crippen molar-refractivity contribution in [1.29, 1.82) is 0 Å². The number of hydrogen-bond donors (Lipinski definition) is 5. The molecule has 1 unspecified atom stereocenters. The molecule has 0 radical (unpaired) electrons. The number of aromatic hydroxyl groups is 1. The summed E-state index contributed by atoms with van der Waals surface area (Å²) in [5.74, 6) is -0.400. The third-order valence-electron chi connectivity index (χ3n) is 4.40. The van der Waals surface area contributed by atoms with Crippen LogP contribution >= 0.6 is 0 Å². The molecule has 0 saturated heterocycles. The highest BCUT2D eigenvalue weighted by Gasteiger charge is 2.32. The Morgan fingerprint density at radius 2 is 1.54 bits per heavy atom. The first kappa shape index (κ1) is 18.6. The summed E-state index contributed by atoms with van der Waals surface area (Å²) < 4.78 is 63.5. The smallest absolute Gasteiger partial charge is 0.294 e. The van der Waals surface area contributed by atoms with Crippen LogP contribution in [0.25, 0.3) is 10.9 Å². The Kier molecular flexibility index (Phi) is 3.89. The summed E-state index contributed by atoms with van der Waals surface area (Å²) in [6, 6.07) is 7.07. The minimum Gasteiger partial charge on any atom is -0.494 e. The SMILES string of the molecule is O=S(=O)(O)c1ccc2c(c1)C(O)C(c1c(O)[nH]c3cc(S(=O)(=O)O)ccc13)=N2. The molecule has 5 N–H and O–H groups in total. The lowest BCUT2D eigenvalue weighted by Gasteiger charge is -2.08. The van der Waals surface area contributed by atoms with Crippen molar-refractivity contribution in [2.75, 3.05) is 0 Å². The van der Waals surface area contributed by atoms with Crippen molar-refractivity contribution in [3.8, 4) is 5.88 Å². The fraction of sp³-hybridized carbons (Fsp3) is 0.0625. The maximum Gasteiger partial charge on any atom is 0.294 e.